The van der Waals surface area contributed by atoms with Crippen molar-refractivity contribution in [1.82, 2.24) is 5.48 Å². The third-order valence-electron chi connectivity index (χ3n) is 5.50. The molecule has 2 aromatic carbocycles. The topological polar surface area (TPSA) is 78.8 Å². The molecule has 0 aliphatic rings. The number of nitrogens with one attached hydrogen (secondary N) is 1. The van der Waals surface area contributed by atoms with E-state index in [0.29, 0.717) is 6.42 Å². The number of hydrogen-bond acceptors (Lipinski definition) is 4. The highest BCUT2D eigenvalue weighted by molar-refractivity contribution is 5.82. The SMILES string of the molecule is COc1ccccc1-c1ccc(/C=C/CCC(C)(C(=O)NO)C(C)(O)CF)cc1. The number of aliphatic hydroxyl groups is 1. The van der Waals surface area contributed by atoms with Gasteiger partial charge in [0.15, 0.2) is 0 Å². The lowest BCUT2D eigenvalue weighted by atomic mass is 9.71. The molecule has 0 spiro atoms. The third-order valence-corrected chi connectivity index (χ3v) is 5.50. The zero-order valence-electron chi connectivity index (χ0n) is 17.0. The zero-order chi connectivity index (χ0) is 21.5. The summed E-state index contributed by atoms with van der Waals surface area (Å²) < 4.78 is 18.6. The van der Waals surface area contributed by atoms with Gasteiger partial charge in [-0.05, 0) is 43.9 Å². The van der Waals surface area contributed by atoms with Crippen LogP contribution in [-0.2, 0) is 4.79 Å². The minimum Gasteiger partial charge on any atom is -0.496 e. The second-order valence-corrected chi connectivity index (χ2v) is 7.44. The molecule has 0 radical (unpaired) electrons. The van der Waals surface area contributed by atoms with Crippen LogP contribution < -0.4 is 10.2 Å². The first-order valence-corrected chi connectivity index (χ1v) is 9.42. The van der Waals surface area contributed by atoms with Crippen molar-refractivity contribution in [3.8, 4) is 16.9 Å². The van der Waals surface area contributed by atoms with E-state index in [1.807, 2.05) is 60.7 Å². The predicted molar refractivity (Wildman–Crippen MR) is 111 cm³/mol. The molecule has 29 heavy (non-hydrogen) atoms. The Morgan fingerprint density at radius 1 is 1.17 bits per heavy atom. The highest BCUT2D eigenvalue weighted by Crippen LogP contribution is 2.37. The largest absolute Gasteiger partial charge is 0.496 e. The summed E-state index contributed by atoms with van der Waals surface area (Å²) in [7, 11) is 1.64. The molecule has 5 nitrogen and oxygen atoms in total. The summed E-state index contributed by atoms with van der Waals surface area (Å²) in [5.41, 5.74) is 1.19. The van der Waals surface area contributed by atoms with Crippen molar-refractivity contribution in [1.29, 1.82) is 0 Å². The molecule has 2 unspecified atom stereocenters. The van der Waals surface area contributed by atoms with Crippen molar-refractivity contribution in [2.24, 2.45) is 5.41 Å². The monoisotopic (exact) mass is 401 g/mol. The van der Waals surface area contributed by atoms with Crippen molar-refractivity contribution < 1.29 is 24.2 Å². The van der Waals surface area contributed by atoms with Gasteiger partial charge in [0, 0.05) is 5.56 Å². The first-order chi connectivity index (χ1) is 13.8. The van der Waals surface area contributed by atoms with Gasteiger partial charge in [-0.1, -0.05) is 54.6 Å². The van der Waals surface area contributed by atoms with Crippen molar-refractivity contribution in [2.75, 3.05) is 13.8 Å². The van der Waals surface area contributed by atoms with Gasteiger partial charge < -0.3 is 9.84 Å². The average molecular weight is 401 g/mol. The second-order valence-electron chi connectivity index (χ2n) is 7.44. The van der Waals surface area contributed by atoms with Crippen LogP contribution >= 0.6 is 0 Å². The van der Waals surface area contributed by atoms with E-state index in [0.717, 1.165) is 22.4 Å². The Labute approximate surface area is 170 Å². The predicted octanol–water partition coefficient (Wildman–Crippen LogP) is 4.39. The Balaban J connectivity index is 2.08. The van der Waals surface area contributed by atoms with Crippen LogP contribution in [0.2, 0.25) is 0 Å². The number of allylic oxidation sites excluding steroid dienone is 1. The number of methoxy groups -OCH3 is 1. The smallest absolute Gasteiger partial charge is 0.252 e. The maximum absolute atomic E-state index is 13.2. The lowest BCUT2D eigenvalue weighted by Crippen LogP contribution is -2.54. The van der Waals surface area contributed by atoms with Crippen LogP contribution in [0.1, 0.15) is 32.3 Å². The second kappa shape index (κ2) is 9.67. The summed E-state index contributed by atoms with van der Waals surface area (Å²) in [5.74, 6) is -0.00753. The highest BCUT2D eigenvalue weighted by Gasteiger charge is 2.48. The Morgan fingerprint density at radius 2 is 1.83 bits per heavy atom. The number of para-hydroxylation sites is 1. The molecular weight excluding hydrogens is 373 g/mol. The molecule has 0 heterocycles. The molecule has 1 amide bonds. The van der Waals surface area contributed by atoms with Crippen LogP contribution in [0, 0.1) is 5.41 Å². The molecule has 0 aliphatic carbocycles. The van der Waals surface area contributed by atoms with Crippen LogP contribution in [0.5, 0.6) is 5.75 Å². The van der Waals surface area contributed by atoms with Crippen LogP contribution in [-0.4, -0.2) is 35.6 Å². The lowest BCUT2D eigenvalue weighted by Gasteiger charge is -2.38. The fraction of sp³-hybridized carbons (Fsp3) is 0.348. The Kier molecular flexibility index (Phi) is 7.53. The van der Waals surface area contributed by atoms with E-state index in [-0.39, 0.29) is 6.42 Å². The number of benzene rings is 2. The summed E-state index contributed by atoms with van der Waals surface area (Å²) in [6, 6.07) is 15.7. The maximum Gasteiger partial charge on any atom is 0.252 e. The van der Waals surface area contributed by atoms with Crippen molar-refractivity contribution >= 4 is 12.0 Å². The van der Waals surface area contributed by atoms with Crippen molar-refractivity contribution in [2.45, 2.75) is 32.3 Å². The van der Waals surface area contributed by atoms with E-state index >= 15 is 0 Å². The molecule has 0 aliphatic heterocycles. The van der Waals surface area contributed by atoms with Crippen molar-refractivity contribution in [3.63, 3.8) is 0 Å². The number of amides is 1. The number of alkyl halides is 1. The molecule has 0 saturated carbocycles. The normalized spacial score (nSPS) is 15.5. The molecule has 2 atom stereocenters. The summed E-state index contributed by atoms with van der Waals surface area (Å²) in [4.78, 5) is 12.0. The van der Waals surface area contributed by atoms with Crippen molar-refractivity contribution in [3.05, 3.63) is 60.2 Å². The average Bonchev–Trinajstić information content (AvgIpc) is 2.76. The molecule has 3 N–H and O–H groups in total. The van der Waals surface area contributed by atoms with Gasteiger partial charge in [-0.15, -0.1) is 0 Å². The van der Waals surface area contributed by atoms with Gasteiger partial charge in [-0.25, -0.2) is 9.87 Å². The van der Waals surface area contributed by atoms with Crippen LogP contribution in [0.4, 0.5) is 4.39 Å². The van der Waals surface area contributed by atoms with Gasteiger partial charge in [0.05, 0.1) is 12.5 Å². The number of carbonyl (C=O) groups excluding carboxylic acids is 1. The molecule has 0 aromatic heterocycles. The lowest BCUT2D eigenvalue weighted by molar-refractivity contribution is -0.158. The highest BCUT2D eigenvalue weighted by atomic mass is 19.1. The molecule has 0 bridgehead atoms. The van der Waals surface area contributed by atoms with Crippen LogP contribution in [0.3, 0.4) is 0 Å². The Hall–Kier alpha value is -2.70. The summed E-state index contributed by atoms with van der Waals surface area (Å²) >= 11 is 0. The molecule has 6 heteroatoms. The molecule has 0 fully saturated rings. The fourth-order valence-corrected chi connectivity index (χ4v) is 3.15. The number of ether oxygens (including phenoxy) is 1. The number of hydrogen-bond donors (Lipinski definition) is 3. The first-order valence-electron chi connectivity index (χ1n) is 9.42. The van der Waals surface area contributed by atoms with E-state index in [9.17, 15) is 14.3 Å². The summed E-state index contributed by atoms with van der Waals surface area (Å²) in [6.07, 6.45) is 4.35. The van der Waals surface area contributed by atoms with E-state index in [4.69, 9.17) is 9.94 Å². The van der Waals surface area contributed by atoms with E-state index in [1.165, 1.54) is 19.3 Å². The first kappa shape index (κ1) is 22.6. The third kappa shape index (κ3) is 5.02. The number of halogens is 1. The minimum atomic E-state index is -1.88. The quantitative estimate of drug-likeness (QED) is 0.430. The fourth-order valence-electron chi connectivity index (χ4n) is 3.15. The van der Waals surface area contributed by atoms with E-state index < -0.39 is 23.6 Å². The van der Waals surface area contributed by atoms with Gasteiger partial charge in [0.1, 0.15) is 18.0 Å². The van der Waals surface area contributed by atoms with E-state index in [2.05, 4.69) is 0 Å². The molecule has 2 aromatic rings. The molecule has 2 rings (SSSR count). The number of hydroxylamine groups is 1. The molecule has 156 valence electrons. The molecule has 0 saturated heterocycles. The standard InChI is InChI=1S/C23H28FNO4/c1-22(21(26)25-28,23(2,27)16-24)15-7-6-8-17-11-13-18(14-12-17)19-9-4-5-10-20(19)29-3/h4-6,8-14,27-28H,7,15-16H2,1-3H3,(H,25,26)/b8-6+. The Bertz CT molecular complexity index is 848. The zero-order valence-corrected chi connectivity index (χ0v) is 17.0. The number of rotatable bonds is 9. The van der Waals surface area contributed by atoms with Crippen LogP contribution in [0.15, 0.2) is 54.6 Å². The van der Waals surface area contributed by atoms with Gasteiger partial charge in [-0.2, -0.15) is 0 Å². The summed E-state index contributed by atoms with van der Waals surface area (Å²) in [5, 5.41) is 19.2. The maximum atomic E-state index is 13.2. The summed E-state index contributed by atoms with van der Waals surface area (Å²) in [6.45, 7) is 1.60. The van der Waals surface area contributed by atoms with Gasteiger partial charge >= 0.3 is 0 Å². The minimum absolute atomic E-state index is 0.173. The number of carbonyl (C=O) groups is 1. The van der Waals surface area contributed by atoms with Gasteiger partial charge in [0.25, 0.3) is 5.91 Å². The van der Waals surface area contributed by atoms with Crippen LogP contribution in [0.25, 0.3) is 17.2 Å². The molecular formula is C23H28FNO4. The Morgan fingerprint density at radius 3 is 2.41 bits per heavy atom. The van der Waals surface area contributed by atoms with Gasteiger partial charge in [-0.3, -0.25) is 10.0 Å². The van der Waals surface area contributed by atoms with Gasteiger partial charge in [0.2, 0.25) is 0 Å². The van der Waals surface area contributed by atoms with E-state index in [1.54, 1.807) is 7.11 Å².